The molecule has 0 bridgehead atoms. The van der Waals surface area contributed by atoms with Crippen molar-refractivity contribution >= 4 is 29.2 Å². The summed E-state index contributed by atoms with van der Waals surface area (Å²) < 4.78 is 9.97. The van der Waals surface area contributed by atoms with Crippen molar-refractivity contribution in [1.29, 1.82) is 0 Å². The van der Waals surface area contributed by atoms with E-state index in [0.717, 1.165) is 13.1 Å². The fraction of sp³-hybridized carbons (Fsp3) is 0.308. The number of nitro benzene ring substituents is 1. The van der Waals surface area contributed by atoms with Gasteiger partial charge in [0, 0.05) is 30.5 Å². The summed E-state index contributed by atoms with van der Waals surface area (Å²) in [7, 11) is 1.19. The molecule has 2 N–H and O–H groups in total. The number of nitro groups is 1. The third-order valence-corrected chi connectivity index (χ3v) is 6.26. The largest absolute Gasteiger partial charge is 0.466 e. The van der Waals surface area contributed by atoms with Crippen LogP contribution in [-0.4, -0.2) is 30.6 Å². The number of nitrogens with zero attached hydrogens (tertiary/aromatic N) is 1. The molecular weight excluding hydrogens is 486 g/mol. The van der Waals surface area contributed by atoms with Crippen molar-refractivity contribution in [3.63, 3.8) is 0 Å². The maximum Gasteiger partial charge on any atom is 0.336 e. The number of benzene rings is 2. The van der Waals surface area contributed by atoms with Gasteiger partial charge in [-0.15, -0.1) is 0 Å². The molecule has 0 aromatic heterocycles. The number of hydrogen-bond donors (Lipinski definition) is 2. The van der Waals surface area contributed by atoms with Crippen molar-refractivity contribution in [3.8, 4) is 0 Å². The zero-order valence-electron chi connectivity index (χ0n) is 20.5. The molecule has 2 aliphatic heterocycles. The van der Waals surface area contributed by atoms with Crippen molar-refractivity contribution in [1.82, 2.24) is 10.6 Å². The Morgan fingerprint density at radius 1 is 1.03 bits per heavy atom. The summed E-state index contributed by atoms with van der Waals surface area (Å²) in [5.41, 5.74) is 3.59. The third-order valence-electron chi connectivity index (χ3n) is 5.93. The average Bonchev–Trinajstić information content (AvgIpc) is 3.32. The summed E-state index contributed by atoms with van der Waals surface area (Å²) in [5.74, 6) is -2.53. The van der Waals surface area contributed by atoms with Crippen molar-refractivity contribution in [2.24, 2.45) is 0 Å². The van der Waals surface area contributed by atoms with E-state index in [1.165, 1.54) is 36.4 Å². The van der Waals surface area contributed by atoms with Crippen LogP contribution in [0.3, 0.4) is 0 Å². The molecule has 0 saturated heterocycles. The second kappa shape index (κ2) is 11.8. The zero-order chi connectivity index (χ0) is 26.4. The van der Waals surface area contributed by atoms with Crippen LogP contribution in [0.1, 0.15) is 43.4 Å². The molecule has 1 unspecified atom stereocenters. The van der Waals surface area contributed by atoms with Gasteiger partial charge < -0.3 is 20.1 Å². The van der Waals surface area contributed by atoms with E-state index in [0.29, 0.717) is 11.4 Å². The molecule has 2 aromatic carbocycles. The van der Waals surface area contributed by atoms with Gasteiger partial charge in [0.05, 0.1) is 46.3 Å². The summed E-state index contributed by atoms with van der Waals surface area (Å²) in [5, 5.41) is 17.9. The standard InChI is InChI=1S/C18H19ClN2O6.C8H9N/c1-5-27-18(23)14-10(3)20-9(2)13(17(22)26-4)16(14)15-11(19)7-6-8-12(15)21(24)25;1-2-4-8-6-9-5-7(8)3-1/h6-8,16,20H,5H2,1-4H3;1-4,9H,5-6H2. The van der Waals surface area contributed by atoms with E-state index in [2.05, 4.69) is 34.9 Å². The van der Waals surface area contributed by atoms with E-state index in [1.54, 1.807) is 20.8 Å². The molecular formula is C26H28ClN3O6. The van der Waals surface area contributed by atoms with Gasteiger partial charge >= 0.3 is 11.9 Å². The van der Waals surface area contributed by atoms with E-state index in [-0.39, 0.29) is 34.0 Å². The lowest BCUT2D eigenvalue weighted by atomic mass is 9.79. The molecule has 0 saturated carbocycles. The van der Waals surface area contributed by atoms with E-state index in [4.69, 9.17) is 21.1 Å². The molecule has 0 radical (unpaired) electrons. The number of esters is 2. The first kappa shape index (κ1) is 26.9. The van der Waals surface area contributed by atoms with Crippen molar-refractivity contribution in [2.45, 2.75) is 39.8 Å². The Kier molecular flexibility index (Phi) is 8.84. The van der Waals surface area contributed by atoms with Crippen LogP contribution in [0.15, 0.2) is 65.0 Å². The molecule has 36 heavy (non-hydrogen) atoms. The smallest absolute Gasteiger partial charge is 0.336 e. The lowest BCUT2D eigenvalue weighted by molar-refractivity contribution is -0.385. The number of ether oxygens (including phenoxy) is 2. The Morgan fingerprint density at radius 2 is 1.61 bits per heavy atom. The Bertz CT molecular complexity index is 1230. The first-order chi connectivity index (χ1) is 17.2. The van der Waals surface area contributed by atoms with Gasteiger partial charge in [0.1, 0.15) is 0 Å². The van der Waals surface area contributed by atoms with Crippen LogP contribution < -0.4 is 10.6 Å². The lowest BCUT2D eigenvalue weighted by Gasteiger charge is -2.30. The summed E-state index contributed by atoms with van der Waals surface area (Å²) in [6.45, 7) is 7.09. The van der Waals surface area contributed by atoms with Crippen LogP contribution in [-0.2, 0) is 32.2 Å². The van der Waals surface area contributed by atoms with Gasteiger partial charge in [0.2, 0.25) is 0 Å². The van der Waals surface area contributed by atoms with Crippen molar-refractivity contribution in [3.05, 3.63) is 96.8 Å². The number of carbonyl (C=O) groups excluding carboxylic acids is 2. The van der Waals surface area contributed by atoms with Gasteiger partial charge in [-0.05, 0) is 38.0 Å². The number of halogens is 1. The van der Waals surface area contributed by atoms with Crippen molar-refractivity contribution in [2.75, 3.05) is 13.7 Å². The molecule has 0 amide bonds. The Morgan fingerprint density at radius 3 is 2.14 bits per heavy atom. The third kappa shape index (κ3) is 5.58. The van der Waals surface area contributed by atoms with E-state index < -0.39 is 22.8 Å². The maximum absolute atomic E-state index is 12.6. The quantitative estimate of drug-likeness (QED) is 0.340. The van der Waals surface area contributed by atoms with Crippen LogP contribution in [0.5, 0.6) is 0 Å². The summed E-state index contributed by atoms with van der Waals surface area (Å²) in [4.78, 5) is 36.1. The number of dihydropyridines is 1. The minimum Gasteiger partial charge on any atom is -0.466 e. The molecule has 190 valence electrons. The summed E-state index contributed by atoms with van der Waals surface area (Å²) >= 11 is 6.29. The molecule has 4 rings (SSSR count). The fourth-order valence-corrected chi connectivity index (χ4v) is 4.63. The number of hydrogen-bond acceptors (Lipinski definition) is 8. The molecule has 2 aromatic rings. The molecule has 0 aliphatic carbocycles. The number of methoxy groups -OCH3 is 1. The highest BCUT2D eigenvalue weighted by Gasteiger charge is 2.41. The number of fused-ring (bicyclic) bond motifs is 1. The first-order valence-corrected chi connectivity index (χ1v) is 11.7. The molecule has 1 atom stereocenters. The SMILES string of the molecule is CCOC(=O)C1=C(C)NC(C)=C(C(=O)OC)C1c1c(Cl)cccc1[N+](=O)[O-].c1ccc2c(c1)CNC2. The highest BCUT2D eigenvalue weighted by Crippen LogP contribution is 2.45. The van der Waals surface area contributed by atoms with E-state index >= 15 is 0 Å². The molecule has 10 heteroatoms. The van der Waals surface area contributed by atoms with Crippen LogP contribution >= 0.6 is 11.6 Å². The fourth-order valence-electron chi connectivity index (χ4n) is 4.35. The van der Waals surface area contributed by atoms with E-state index in [1.807, 2.05) is 0 Å². The predicted octanol–water partition coefficient (Wildman–Crippen LogP) is 4.51. The number of nitrogens with one attached hydrogen (secondary N) is 2. The Balaban J connectivity index is 0.000000331. The monoisotopic (exact) mass is 513 g/mol. The highest BCUT2D eigenvalue weighted by atomic mass is 35.5. The average molecular weight is 514 g/mol. The minimum absolute atomic E-state index is 0.0350. The van der Waals surface area contributed by atoms with Gasteiger partial charge in [-0.3, -0.25) is 10.1 Å². The minimum atomic E-state index is -1.10. The predicted molar refractivity (Wildman–Crippen MR) is 135 cm³/mol. The van der Waals surface area contributed by atoms with Crippen LogP contribution in [0, 0.1) is 10.1 Å². The van der Waals surface area contributed by atoms with Crippen LogP contribution in [0.25, 0.3) is 0 Å². The maximum atomic E-state index is 12.6. The normalized spacial score (nSPS) is 16.4. The van der Waals surface area contributed by atoms with Gasteiger partial charge in [0.15, 0.2) is 0 Å². The molecule has 2 aliphatic rings. The van der Waals surface area contributed by atoms with Crippen LogP contribution in [0.4, 0.5) is 5.69 Å². The zero-order valence-corrected chi connectivity index (χ0v) is 21.3. The lowest BCUT2D eigenvalue weighted by Crippen LogP contribution is -2.32. The highest BCUT2D eigenvalue weighted by molar-refractivity contribution is 6.32. The van der Waals surface area contributed by atoms with Gasteiger partial charge in [-0.25, -0.2) is 9.59 Å². The van der Waals surface area contributed by atoms with Gasteiger partial charge in [-0.2, -0.15) is 0 Å². The van der Waals surface area contributed by atoms with Crippen LogP contribution in [0.2, 0.25) is 5.02 Å². The van der Waals surface area contributed by atoms with E-state index in [9.17, 15) is 19.7 Å². The van der Waals surface area contributed by atoms with Gasteiger partial charge in [0.25, 0.3) is 5.69 Å². The number of carbonyl (C=O) groups is 2. The van der Waals surface area contributed by atoms with Crippen molar-refractivity contribution < 1.29 is 24.0 Å². The second-order valence-corrected chi connectivity index (χ2v) is 8.56. The first-order valence-electron chi connectivity index (χ1n) is 11.3. The molecule has 9 nitrogen and oxygen atoms in total. The Labute approximate surface area is 214 Å². The summed E-state index contributed by atoms with van der Waals surface area (Å²) in [6, 6.07) is 12.7. The Hall–Kier alpha value is -3.69. The van der Waals surface area contributed by atoms with Gasteiger partial charge in [-0.1, -0.05) is 41.9 Å². The topological polar surface area (TPSA) is 120 Å². The molecule has 2 heterocycles. The summed E-state index contributed by atoms with van der Waals surface area (Å²) in [6.07, 6.45) is 0. The molecule has 0 spiro atoms. The molecule has 0 fully saturated rings. The number of allylic oxidation sites excluding steroid dienone is 2. The second-order valence-electron chi connectivity index (χ2n) is 8.15. The number of rotatable bonds is 5.